The lowest BCUT2D eigenvalue weighted by Crippen LogP contribution is -2.18. The fourth-order valence-corrected chi connectivity index (χ4v) is 5.55. The van der Waals surface area contributed by atoms with Gasteiger partial charge < -0.3 is 19.7 Å². The molecule has 3 rings (SSSR count). The average molecular weight is 612 g/mol. The highest BCUT2D eigenvalue weighted by Crippen LogP contribution is 2.51. The number of hydrogen-bond acceptors (Lipinski definition) is 7. The van der Waals surface area contributed by atoms with E-state index >= 15 is 0 Å². The SMILES string of the molecule is CC(C)(C)c1cc(CCC(=O)O[C]2SC2OC(=O)CCc2cc(C(C)(C)C)c(O)c(C(C)(C)C)c2)cc(C(C)(C)C)c1O. The molecule has 2 aromatic rings. The predicted molar refractivity (Wildman–Crippen MR) is 174 cm³/mol. The van der Waals surface area contributed by atoms with Gasteiger partial charge in [-0.15, -0.1) is 0 Å². The molecule has 1 radical (unpaired) electrons. The summed E-state index contributed by atoms with van der Waals surface area (Å²) in [5, 5.41) is 21.9. The lowest BCUT2D eigenvalue weighted by molar-refractivity contribution is -0.148. The third-order valence-electron chi connectivity index (χ3n) is 7.62. The summed E-state index contributed by atoms with van der Waals surface area (Å²) in [5.74, 6) is -0.107. The molecule has 0 aliphatic carbocycles. The van der Waals surface area contributed by atoms with Gasteiger partial charge in [0.25, 0.3) is 5.44 Å². The molecule has 1 aliphatic heterocycles. The first-order valence-corrected chi connectivity index (χ1v) is 16.0. The van der Waals surface area contributed by atoms with Gasteiger partial charge in [0.05, 0.1) is 0 Å². The zero-order chi connectivity index (χ0) is 32.7. The minimum atomic E-state index is -0.569. The van der Waals surface area contributed by atoms with Crippen molar-refractivity contribution in [3.8, 4) is 11.5 Å². The summed E-state index contributed by atoms with van der Waals surface area (Å²) in [4.78, 5) is 25.3. The summed E-state index contributed by atoms with van der Waals surface area (Å²) in [6, 6.07) is 7.91. The normalized spacial score (nSPS) is 16.2. The smallest absolute Gasteiger partial charge is 0.307 e. The monoisotopic (exact) mass is 611 g/mol. The van der Waals surface area contributed by atoms with Gasteiger partial charge in [0, 0.05) is 12.8 Å². The Morgan fingerprint density at radius 3 is 1.28 bits per heavy atom. The van der Waals surface area contributed by atoms with Gasteiger partial charge in [0.1, 0.15) is 11.5 Å². The van der Waals surface area contributed by atoms with E-state index in [9.17, 15) is 19.8 Å². The van der Waals surface area contributed by atoms with Crippen LogP contribution >= 0.6 is 11.8 Å². The summed E-state index contributed by atoms with van der Waals surface area (Å²) in [6.07, 6.45) is 1.32. The number of phenols is 2. The Morgan fingerprint density at radius 1 is 0.628 bits per heavy atom. The number of phenolic OH excluding ortho intramolecular Hbond substituents is 2. The minimum absolute atomic E-state index is 0.176. The van der Waals surface area contributed by atoms with Crippen LogP contribution in [0.25, 0.3) is 0 Å². The molecule has 1 aliphatic rings. The molecule has 1 atom stereocenters. The van der Waals surface area contributed by atoms with E-state index in [4.69, 9.17) is 9.47 Å². The first-order valence-electron chi connectivity index (χ1n) is 15.2. The molecule has 1 fully saturated rings. The quantitative estimate of drug-likeness (QED) is 0.228. The Hall–Kier alpha value is -2.67. The van der Waals surface area contributed by atoms with Crippen molar-refractivity contribution < 1.29 is 29.3 Å². The maximum Gasteiger partial charge on any atom is 0.307 e. The maximum atomic E-state index is 12.6. The van der Waals surface area contributed by atoms with E-state index in [1.165, 1.54) is 11.8 Å². The van der Waals surface area contributed by atoms with Gasteiger partial charge in [0.2, 0.25) is 5.44 Å². The number of aryl methyl sites for hydroxylation is 2. The van der Waals surface area contributed by atoms with E-state index < -0.39 is 5.44 Å². The van der Waals surface area contributed by atoms with Crippen molar-refractivity contribution in [2.75, 3.05) is 0 Å². The van der Waals surface area contributed by atoms with E-state index in [0.717, 1.165) is 33.4 Å². The summed E-state index contributed by atoms with van der Waals surface area (Å²) in [5.41, 5.74) is 4.24. The first kappa shape index (κ1) is 34.8. The second-order valence-corrected chi connectivity index (χ2v) is 16.9. The van der Waals surface area contributed by atoms with Crippen LogP contribution in [0, 0.1) is 5.44 Å². The van der Waals surface area contributed by atoms with Crippen molar-refractivity contribution in [3.63, 3.8) is 0 Å². The summed E-state index contributed by atoms with van der Waals surface area (Å²) < 4.78 is 11.0. The second-order valence-electron chi connectivity index (χ2n) is 15.8. The highest BCUT2D eigenvalue weighted by atomic mass is 32.2. The molecular weight excluding hydrogens is 560 g/mol. The van der Waals surface area contributed by atoms with Crippen LogP contribution in [0.3, 0.4) is 0 Å². The number of carbonyl (C=O) groups is 2. The van der Waals surface area contributed by atoms with Gasteiger partial charge >= 0.3 is 11.9 Å². The van der Waals surface area contributed by atoms with Crippen LogP contribution in [0.15, 0.2) is 24.3 Å². The molecule has 1 unspecified atom stereocenters. The fourth-order valence-electron chi connectivity index (χ4n) is 5.01. The van der Waals surface area contributed by atoms with Crippen molar-refractivity contribution in [1.29, 1.82) is 0 Å². The number of benzene rings is 2. The van der Waals surface area contributed by atoms with Crippen molar-refractivity contribution in [3.05, 3.63) is 63.1 Å². The van der Waals surface area contributed by atoms with Crippen molar-refractivity contribution in [2.45, 2.75) is 136 Å². The molecule has 0 saturated carbocycles. The van der Waals surface area contributed by atoms with Crippen LogP contribution in [0.1, 0.15) is 129 Å². The molecule has 1 heterocycles. The Labute approximate surface area is 263 Å². The molecule has 237 valence electrons. The molecule has 0 aromatic heterocycles. The van der Waals surface area contributed by atoms with Gasteiger partial charge in [-0.2, -0.15) is 0 Å². The van der Waals surface area contributed by atoms with Gasteiger partial charge in [-0.1, -0.05) is 119 Å². The molecule has 2 aromatic carbocycles. The highest BCUT2D eigenvalue weighted by molar-refractivity contribution is 8.10. The second kappa shape index (κ2) is 12.4. The van der Waals surface area contributed by atoms with Crippen LogP contribution in [-0.4, -0.2) is 27.6 Å². The first-order chi connectivity index (χ1) is 19.5. The van der Waals surface area contributed by atoms with Crippen LogP contribution < -0.4 is 0 Å². The van der Waals surface area contributed by atoms with Crippen molar-refractivity contribution >= 4 is 23.7 Å². The lowest BCUT2D eigenvalue weighted by Gasteiger charge is -2.28. The molecule has 2 N–H and O–H groups in total. The highest BCUT2D eigenvalue weighted by Gasteiger charge is 2.48. The summed E-state index contributed by atoms with van der Waals surface area (Å²) in [7, 11) is 0. The van der Waals surface area contributed by atoms with Gasteiger partial charge in [-0.05, 0) is 67.9 Å². The Bertz CT molecular complexity index is 1170. The molecule has 1 saturated heterocycles. The molecule has 0 bridgehead atoms. The zero-order valence-corrected chi connectivity index (χ0v) is 29.0. The van der Waals surface area contributed by atoms with Gasteiger partial charge in [-0.25, -0.2) is 0 Å². The van der Waals surface area contributed by atoms with E-state index in [2.05, 4.69) is 83.1 Å². The topological polar surface area (TPSA) is 93.1 Å². The number of hydrogen-bond donors (Lipinski definition) is 2. The molecule has 6 nitrogen and oxygen atoms in total. The summed E-state index contributed by atoms with van der Waals surface area (Å²) >= 11 is 1.23. The van der Waals surface area contributed by atoms with Crippen molar-refractivity contribution in [1.82, 2.24) is 0 Å². The molecule has 43 heavy (non-hydrogen) atoms. The maximum absolute atomic E-state index is 12.6. The Balaban J connectivity index is 1.55. The number of esters is 2. The van der Waals surface area contributed by atoms with Crippen LogP contribution in [-0.2, 0) is 53.6 Å². The predicted octanol–water partition coefficient (Wildman–Crippen LogP) is 8.50. The van der Waals surface area contributed by atoms with E-state index in [1.54, 1.807) is 0 Å². The fraction of sp³-hybridized carbons (Fsp3) is 0.583. The van der Waals surface area contributed by atoms with Crippen molar-refractivity contribution in [2.24, 2.45) is 0 Å². The Kier molecular flexibility index (Phi) is 10.0. The zero-order valence-electron chi connectivity index (χ0n) is 28.2. The van der Waals surface area contributed by atoms with Gasteiger partial charge in [0.15, 0.2) is 0 Å². The number of thioether (sulfide) groups is 1. The Morgan fingerprint density at radius 2 is 0.953 bits per heavy atom. The van der Waals surface area contributed by atoms with Gasteiger partial charge in [-0.3, -0.25) is 9.59 Å². The number of aromatic hydroxyl groups is 2. The lowest BCUT2D eigenvalue weighted by atomic mass is 9.78. The van der Waals surface area contributed by atoms with Crippen LogP contribution in [0.2, 0.25) is 0 Å². The third-order valence-corrected chi connectivity index (χ3v) is 8.42. The van der Waals surface area contributed by atoms with E-state index in [1.807, 2.05) is 24.3 Å². The molecule has 0 amide bonds. The van der Waals surface area contributed by atoms with Crippen LogP contribution in [0.5, 0.6) is 11.5 Å². The largest absolute Gasteiger partial charge is 0.507 e. The van der Waals surface area contributed by atoms with E-state index in [0.29, 0.717) is 29.8 Å². The van der Waals surface area contributed by atoms with Crippen LogP contribution in [0.4, 0.5) is 0 Å². The number of ether oxygens (including phenoxy) is 2. The summed E-state index contributed by atoms with van der Waals surface area (Å²) in [6.45, 7) is 24.7. The molecule has 7 heteroatoms. The molecular formula is C36H51O6S. The average Bonchev–Trinajstić information content (AvgIpc) is 3.56. The number of carbonyl (C=O) groups excluding carboxylic acids is 2. The standard InChI is InChI=1S/C36H51O6S/c1-33(2,3)23-17-21(18-24(29(23)39)34(4,5)6)13-15-27(37)41-31-32(43-31)42-28(38)16-14-22-19-25(35(7,8)9)30(40)26(20-22)36(10,11)12/h17-20,31,39-40H,13-16H2,1-12H3. The minimum Gasteiger partial charge on any atom is -0.507 e. The van der Waals surface area contributed by atoms with E-state index in [-0.39, 0.29) is 46.4 Å². The third kappa shape index (κ3) is 9.17. The number of rotatable bonds is 8. The molecule has 0 spiro atoms.